The highest BCUT2D eigenvalue weighted by molar-refractivity contribution is 6.30. The van der Waals surface area contributed by atoms with Gasteiger partial charge < -0.3 is 16.4 Å². The Morgan fingerprint density at radius 2 is 1.89 bits per heavy atom. The maximum atomic E-state index is 11.8. The highest BCUT2D eigenvalue weighted by Crippen LogP contribution is 2.17. The number of carbonyl (C=O) groups excluding carboxylic acids is 1. The van der Waals surface area contributed by atoms with E-state index in [-0.39, 0.29) is 18.1 Å². The minimum atomic E-state index is -0.209. The summed E-state index contributed by atoms with van der Waals surface area (Å²) in [7, 11) is 0. The lowest BCUT2D eigenvalue weighted by molar-refractivity contribution is 0.240. The van der Waals surface area contributed by atoms with Crippen molar-refractivity contribution in [1.82, 2.24) is 5.32 Å². The van der Waals surface area contributed by atoms with Crippen LogP contribution in [-0.4, -0.2) is 18.1 Å². The van der Waals surface area contributed by atoms with Crippen LogP contribution in [0.1, 0.15) is 25.7 Å². The number of amides is 2. The van der Waals surface area contributed by atoms with Gasteiger partial charge in [-0.2, -0.15) is 0 Å². The summed E-state index contributed by atoms with van der Waals surface area (Å²) in [5.41, 5.74) is 6.70. The van der Waals surface area contributed by atoms with Gasteiger partial charge in [0, 0.05) is 22.8 Å². The van der Waals surface area contributed by atoms with Gasteiger partial charge in [0.2, 0.25) is 0 Å². The van der Waals surface area contributed by atoms with Gasteiger partial charge in [0.15, 0.2) is 0 Å². The molecule has 0 bridgehead atoms. The molecule has 0 unspecified atom stereocenters. The number of carbonyl (C=O) groups is 1. The monoisotopic (exact) mass is 267 g/mol. The lowest BCUT2D eigenvalue weighted by atomic mass is 9.91. The number of hydrogen-bond acceptors (Lipinski definition) is 2. The first kappa shape index (κ1) is 13.2. The van der Waals surface area contributed by atoms with Gasteiger partial charge in [-0.25, -0.2) is 4.79 Å². The van der Waals surface area contributed by atoms with E-state index in [1.165, 1.54) is 0 Å². The van der Waals surface area contributed by atoms with Crippen LogP contribution in [0.2, 0.25) is 5.02 Å². The minimum absolute atomic E-state index is 0.0646. The summed E-state index contributed by atoms with van der Waals surface area (Å²) in [6, 6.07) is 6.94. The summed E-state index contributed by atoms with van der Waals surface area (Å²) in [6.45, 7) is 0. The lowest BCUT2D eigenvalue weighted by Crippen LogP contribution is -2.50. The Morgan fingerprint density at radius 3 is 2.56 bits per heavy atom. The van der Waals surface area contributed by atoms with Crippen LogP contribution in [0.4, 0.5) is 10.5 Å². The summed E-state index contributed by atoms with van der Waals surface area (Å²) in [4.78, 5) is 11.8. The molecule has 5 heteroatoms. The molecule has 1 aromatic carbocycles. The minimum Gasteiger partial charge on any atom is -0.334 e. The zero-order valence-electron chi connectivity index (χ0n) is 10.2. The molecular weight excluding hydrogens is 250 g/mol. The molecule has 1 aromatic rings. The third-order valence-electron chi connectivity index (χ3n) is 3.24. The van der Waals surface area contributed by atoms with Crippen LogP contribution in [0.5, 0.6) is 0 Å². The smallest absolute Gasteiger partial charge is 0.319 e. The zero-order valence-corrected chi connectivity index (χ0v) is 10.9. The third-order valence-corrected chi connectivity index (χ3v) is 3.49. The number of halogens is 1. The van der Waals surface area contributed by atoms with Crippen molar-refractivity contribution in [3.05, 3.63) is 29.3 Å². The Morgan fingerprint density at radius 1 is 1.22 bits per heavy atom. The van der Waals surface area contributed by atoms with Gasteiger partial charge in [-0.1, -0.05) is 24.4 Å². The summed E-state index contributed by atoms with van der Waals surface area (Å²) >= 11 is 5.78. The van der Waals surface area contributed by atoms with Gasteiger partial charge in [0.1, 0.15) is 0 Å². The van der Waals surface area contributed by atoms with Crippen molar-refractivity contribution in [2.75, 3.05) is 5.32 Å². The van der Waals surface area contributed by atoms with Crippen LogP contribution in [-0.2, 0) is 0 Å². The number of benzene rings is 1. The summed E-state index contributed by atoms with van der Waals surface area (Å²) in [5.74, 6) is 0. The molecule has 0 heterocycles. The standard InChI is InChI=1S/C13H18ClN3O/c14-9-5-7-10(8-6-9)16-13(18)17-12-4-2-1-3-11(12)15/h5-8,11-12H,1-4,15H2,(H2,16,17,18)/t11-,12-/m1/s1. The molecule has 0 radical (unpaired) electrons. The van der Waals surface area contributed by atoms with E-state index >= 15 is 0 Å². The second-order valence-electron chi connectivity index (χ2n) is 4.66. The Bertz CT molecular complexity index is 407. The molecule has 18 heavy (non-hydrogen) atoms. The predicted molar refractivity (Wildman–Crippen MR) is 73.8 cm³/mol. The van der Waals surface area contributed by atoms with E-state index in [9.17, 15) is 4.79 Å². The number of nitrogens with two attached hydrogens (primary N) is 1. The number of urea groups is 1. The van der Waals surface area contributed by atoms with E-state index in [2.05, 4.69) is 10.6 Å². The van der Waals surface area contributed by atoms with E-state index in [0.29, 0.717) is 5.02 Å². The predicted octanol–water partition coefficient (Wildman–Crippen LogP) is 2.73. The molecule has 0 saturated heterocycles. The maximum Gasteiger partial charge on any atom is 0.319 e. The van der Waals surface area contributed by atoms with Crippen molar-refractivity contribution in [3.8, 4) is 0 Å². The quantitative estimate of drug-likeness (QED) is 0.771. The fraction of sp³-hybridized carbons (Fsp3) is 0.462. The molecule has 98 valence electrons. The number of anilines is 1. The highest BCUT2D eigenvalue weighted by Gasteiger charge is 2.23. The molecule has 4 N–H and O–H groups in total. The van der Waals surface area contributed by atoms with Crippen LogP contribution < -0.4 is 16.4 Å². The average molecular weight is 268 g/mol. The first-order valence-corrected chi connectivity index (χ1v) is 6.61. The van der Waals surface area contributed by atoms with Gasteiger partial charge in [0.25, 0.3) is 0 Å². The van der Waals surface area contributed by atoms with Gasteiger partial charge in [-0.05, 0) is 37.1 Å². The summed E-state index contributed by atoms with van der Waals surface area (Å²) in [5, 5.41) is 6.34. The zero-order chi connectivity index (χ0) is 13.0. The van der Waals surface area contributed by atoms with Crippen molar-refractivity contribution < 1.29 is 4.79 Å². The van der Waals surface area contributed by atoms with Gasteiger partial charge in [-0.15, -0.1) is 0 Å². The van der Waals surface area contributed by atoms with Crippen LogP contribution in [0, 0.1) is 0 Å². The maximum absolute atomic E-state index is 11.8. The average Bonchev–Trinajstić information content (AvgIpc) is 2.35. The topological polar surface area (TPSA) is 67.1 Å². The number of nitrogens with one attached hydrogen (secondary N) is 2. The van der Waals surface area contributed by atoms with Crippen LogP contribution in [0.15, 0.2) is 24.3 Å². The normalized spacial score (nSPS) is 23.4. The molecule has 1 fully saturated rings. The van der Waals surface area contributed by atoms with Gasteiger partial charge in [0.05, 0.1) is 0 Å². The molecule has 1 aliphatic rings. The Balaban J connectivity index is 1.86. The van der Waals surface area contributed by atoms with Crippen LogP contribution in [0.25, 0.3) is 0 Å². The fourth-order valence-electron chi connectivity index (χ4n) is 2.21. The lowest BCUT2D eigenvalue weighted by Gasteiger charge is -2.29. The molecule has 0 spiro atoms. The fourth-order valence-corrected chi connectivity index (χ4v) is 2.33. The first-order valence-electron chi connectivity index (χ1n) is 6.24. The molecular formula is C13H18ClN3O. The van der Waals surface area contributed by atoms with E-state index in [1.807, 2.05) is 0 Å². The summed E-state index contributed by atoms with van der Waals surface area (Å²) < 4.78 is 0. The largest absolute Gasteiger partial charge is 0.334 e. The van der Waals surface area contributed by atoms with Gasteiger partial charge >= 0.3 is 6.03 Å². The Labute approximate surface area is 112 Å². The molecule has 0 aliphatic heterocycles. The second-order valence-corrected chi connectivity index (χ2v) is 5.10. The SMILES string of the molecule is N[C@@H]1CCCC[C@H]1NC(=O)Nc1ccc(Cl)cc1. The van der Waals surface area contributed by atoms with Crippen molar-refractivity contribution in [2.45, 2.75) is 37.8 Å². The molecule has 2 rings (SSSR count). The van der Waals surface area contributed by atoms with Crippen molar-refractivity contribution in [2.24, 2.45) is 5.73 Å². The third kappa shape index (κ3) is 3.62. The molecule has 2 amide bonds. The van der Waals surface area contributed by atoms with Crippen molar-refractivity contribution in [3.63, 3.8) is 0 Å². The molecule has 2 atom stereocenters. The van der Waals surface area contributed by atoms with E-state index in [4.69, 9.17) is 17.3 Å². The van der Waals surface area contributed by atoms with E-state index in [0.717, 1.165) is 31.4 Å². The van der Waals surface area contributed by atoms with Crippen LogP contribution in [0.3, 0.4) is 0 Å². The number of rotatable bonds is 2. The molecule has 4 nitrogen and oxygen atoms in total. The first-order chi connectivity index (χ1) is 8.65. The molecule has 0 aromatic heterocycles. The van der Waals surface area contributed by atoms with Crippen LogP contribution >= 0.6 is 11.6 Å². The number of hydrogen-bond donors (Lipinski definition) is 3. The molecule has 1 aliphatic carbocycles. The Kier molecular flexibility index (Phi) is 4.44. The second kappa shape index (κ2) is 6.07. The van der Waals surface area contributed by atoms with Gasteiger partial charge in [-0.3, -0.25) is 0 Å². The molecule has 1 saturated carbocycles. The highest BCUT2D eigenvalue weighted by atomic mass is 35.5. The van der Waals surface area contributed by atoms with Crippen molar-refractivity contribution >= 4 is 23.3 Å². The van der Waals surface area contributed by atoms with Crippen molar-refractivity contribution in [1.29, 1.82) is 0 Å². The Hall–Kier alpha value is -1.26. The summed E-state index contributed by atoms with van der Waals surface area (Å²) in [6.07, 6.45) is 4.21. The van der Waals surface area contributed by atoms with E-state index in [1.54, 1.807) is 24.3 Å². The van der Waals surface area contributed by atoms with E-state index < -0.39 is 0 Å².